The Morgan fingerprint density at radius 2 is 0.667 bits per heavy atom. The molecule has 13 nitrogen and oxygen atoms in total. The van der Waals surface area contributed by atoms with Crippen LogP contribution in [0.2, 0.25) is 0 Å². The van der Waals surface area contributed by atoms with Gasteiger partial charge in [-0.15, -0.1) is 0 Å². The summed E-state index contributed by atoms with van der Waals surface area (Å²) in [6, 6.07) is 8.83. The number of carbonyl (C=O) groups excluding carboxylic acids is 2. The van der Waals surface area contributed by atoms with Crippen molar-refractivity contribution in [1.29, 1.82) is 0 Å². The predicted octanol–water partition coefficient (Wildman–Crippen LogP) is 1.56. The summed E-state index contributed by atoms with van der Waals surface area (Å²) in [6.45, 7) is 10.0. The first-order chi connectivity index (χ1) is 20.7. The number of ether oxygens (including phenoxy) is 11. The summed E-state index contributed by atoms with van der Waals surface area (Å²) in [7, 11) is 0. The van der Waals surface area contributed by atoms with Gasteiger partial charge in [-0.1, -0.05) is 18.2 Å². The number of esters is 2. The second kappa shape index (κ2) is 30.3. The number of benzene rings is 1. The quantitative estimate of drug-likeness (QED) is 0.0897. The zero-order valence-electron chi connectivity index (χ0n) is 24.8. The topological polar surface area (TPSA) is 136 Å². The van der Waals surface area contributed by atoms with Gasteiger partial charge < -0.3 is 52.1 Å². The Kier molecular flexibility index (Phi) is 27.3. The number of hydrogen-bond acceptors (Lipinski definition) is 13. The molecular weight excluding hydrogens is 556 g/mol. The van der Waals surface area contributed by atoms with Gasteiger partial charge in [0, 0.05) is 6.92 Å². The molecule has 0 saturated heterocycles. The van der Waals surface area contributed by atoms with E-state index in [4.69, 9.17) is 52.1 Å². The maximum Gasteiger partial charge on any atom is 0.338 e. The molecule has 242 valence electrons. The van der Waals surface area contributed by atoms with Crippen LogP contribution in [0, 0.1) is 0 Å². The summed E-state index contributed by atoms with van der Waals surface area (Å²) in [5.41, 5.74) is 0.522. The van der Waals surface area contributed by atoms with Gasteiger partial charge in [-0.05, 0) is 12.1 Å². The highest BCUT2D eigenvalue weighted by Gasteiger charge is 2.05. The zero-order valence-corrected chi connectivity index (χ0v) is 24.8. The van der Waals surface area contributed by atoms with Gasteiger partial charge in [0.1, 0.15) is 13.2 Å². The Morgan fingerprint density at radius 3 is 0.952 bits per heavy atom. The van der Waals surface area contributed by atoms with Crippen LogP contribution in [-0.2, 0) is 56.9 Å². The molecule has 0 aliphatic carbocycles. The van der Waals surface area contributed by atoms with Crippen molar-refractivity contribution in [3.05, 3.63) is 35.9 Å². The van der Waals surface area contributed by atoms with Crippen LogP contribution in [-0.4, -0.2) is 144 Å². The molecule has 0 fully saturated rings. The lowest BCUT2D eigenvalue weighted by Gasteiger charge is -2.09. The molecular formula is C29H48O13. The molecule has 0 aromatic heterocycles. The van der Waals surface area contributed by atoms with E-state index in [0.717, 1.165) is 0 Å². The van der Waals surface area contributed by atoms with E-state index >= 15 is 0 Å². The minimum Gasteiger partial charge on any atom is -0.463 e. The molecule has 13 heteroatoms. The third-order valence-electron chi connectivity index (χ3n) is 4.98. The molecule has 0 N–H and O–H groups in total. The Bertz CT molecular complexity index is 735. The first-order valence-corrected chi connectivity index (χ1v) is 14.3. The van der Waals surface area contributed by atoms with Crippen molar-refractivity contribution in [2.45, 2.75) is 6.92 Å². The fourth-order valence-electron chi connectivity index (χ4n) is 2.96. The van der Waals surface area contributed by atoms with E-state index in [0.29, 0.717) is 124 Å². The second-order valence-electron chi connectivity index (χ2n) is 8.35. The van der Waals surface area contributed by atoms with E-state index in [1.54, 1.807) is 24.3 Å². The Hall–Kier alpha value is -2.20. The number of rotatable bonds is 31. The van der Waals surface area contributed by atoms with Crippen LogP contribution in [0.15, 0.2) is 30.3 Å². The monoisotopic (exact) mass is 604 g/mol. The highest BCUT2D eigenvalue weighted by molar-refractivity contribution is 5.89. The summed E-state index contributed by atoms with van der Waals surface area (Å²) < 4.78 is 58.5. The van der Waals surface area contributed by atoms with E-state index in [1.165, 1.54) is 6.92 Å². The molecule has 0 radical (unpaired) electrons. The van der Waals surface area contributed by atoms with E-state index in [-0.39, 0.29) is 25.2 Å². The highest BCUT2D eigenvalue weighted by Crippen LogP contribution is 2.00. The average molecular weight is 605 g/mol. The molecule has 1 aromatic carbocycles. The summed E-state index contributed by atoms with van der Waals surface area (Å²) in [4.78, 5) is 22.3. The maximum absolute atomic E-state index is 11.8. The van der Waals surface area contributed by atoms with Crippen LogP contribution in [0.3, 0.4) is 0 Å². The molecule has 0 spiro atoms. The van der Waals surface area contributed by atoms with Gasteiger partial charge in [0.15, 0.2) is 0 Å². The summed E-state index contributed by atoms with van der Waals surface area (Å²) >= 11 is 0. The lowest BCUT2D eigenvalue weighted by molar-refractivity contribution is -0.142. The third-order valence-corrected chi connectivity index (χ3v) is 4.98. The van der Waals surface area contributed by atoms with Crippen molar-refractivity contribution in [3.63, 3.8) is 0 Å². The van der Waals surface area contributed by atoms with Crippen molar-refractivity contribution >= 4 is 11.9 Å². The van der Waals surface area contributed by atoms with Gasteiger partial charge >= 0.3 is 11.9 Å². The van der Waals surface area contributed by atoms with Gasteiger partial charge in [-0.2, -0.15) is 0 Å². The first kappa shape index (κ1) is 37.8. The molecule has 42 heavy (non-hydrogen) atoms. The van der Waals surface area contributed by atoms with Crippen LogP contribution >= 0.6 is 0 Å². The number of carbonyl (C=O) groups is 2. The minimum absolute atomic E-state index is 0.199. The van der Waals surface area contributed by atoms with Gasteiger partial charge in [0.05, 0.1) is 124 Å². The normalized spacial score (nSPS) is 11.1. The van der Waals surface area contributed by atoms with Crippen molar-refractivity contribution < 1.29 is 61.7 Å². The largest absolute Gasteiger partial charge is 0.463 e. The van der Waals surface area contributed by atoms with E-state index < -0.39 is 0 Å². The van der Waals surface area contributed by atoms with Crippen LogP contribution in [0.5, 0.6) is 0 Å². The van der Waals surface area contributed by atoms with E-state index in [2.05, 4.69) is 0 Å². The van der Waals surface area contributed by atoms with Crippen molar-refractivity contribution in [3.8, 4) is 0 Å². The van der Waals surface area contributed by atoms with Crippen LogP contribution < -0.4 is 0 Å². The van der Waals surface area contributed by atoms with Crippen molar-refractivity contribution in [2.75, 3.05) is 132 Å². The summed E-state index contributed by atoms with van der Waals surface area (Å²) in [6.07, 6.45) is 0. The lowest BCUT2D eigenvalue weighted by Crippen LogP contribution is -2.15. The fourth-order valence-corrected chi connectivity index (χ4v) is 2.96. The van der Waals surface area contributed by atoms with Gasteiger partial charge in [-0.3, -0.25) is 4.79 Å². The average Bonchev–Trinajstić information content (AvgIpc) is 3.00. The van der Waals surface area contributed by atoms with Gasteiger partial charge in [0.25, 0.3) is 0 Å². The molecule has 1 rings (SSSR count). The molecule has 0 unspecified atom stereocenters. The maximum atomic E-state index is 11.8. The number of hydrogen-bond donors (Lipinski definition) is 0. The zero-order chi connectivity index (χ0) is 30.2. The Labute approximate surface area is 248 Å². The van der Waals surface area contributed by atoms with E-state index in [9.17, 15) is 9.59 Å². The summed E-state index contributed by atoms with van der Waals surface area (Å²) in [5.74, 6) is -0.674. The molecule has 0 amide bonds. The van der Waals surface area contributed by atoms with Crippen LogP contribution in [0.4, 0.5) is 0 Å². The Morgan fingerprint density at radius 1 is 0.405 bits per heavy atom. The standard InChI is InChI=1S/C29H48O13/c1-27(30)41-25-23-39-21-19-37-17-15-35-13-11-33-9-7-32-8-10-34-12-14-36-16-18-38-20-22-40-24-26-42-29(31)28-5-3-2-4-6-28/h2-6H,7-26H2,1H3. The first-order valence-electron chi connectivity index (χ1n) is 14.3. The molecule has 0 heterocycles. The molecule has 0 bridgehead atoms. The van der Waals surface area contributed by atoms with Gasteiger partial charge in [-0.25, -0.2) is 4.79 Å². The smallest absolute Gasteiger partial charge is 0.338 e. The van der Waals surface area contributed by atoms with Crippen molar-refractivity contribution in [2.24, 2.45) is 0 Å². The van der Waals surface area contributed by atoms with Crippen LogP contribution in [0.1, 0.15) is 17.3 Å². The van der Waals surface area contributed by atoms with Crippen LogP contribution in [0.25, 0.3) is 0 Å². The van der Waals surface area contributed by atoms with Crippen molar-refractivity contribution in [1.82, 2.24) is 0 Å². The molecule has 0 saturated carbocycles. The third kappa shape index (κ3) is 26.7. The molecule has 0 atom stereocenters. The highest BCUT2D eigenvalue weighted by atomic mass is 16.6. The second-order valence-corrected chi connectivity index (χ2v) is 8.35. The molecule has 1 aromatic rings. The molecule has 0 aliphatic heterocycles. The summed E-state index contributed by atoms with van der Waals surface area (Å²) in [5, 5.41) is 0. The molecule has 0 aliphatic rings. The SMILES string of the molecule is CC(=O)OCCOCCOCCOCCOCCOCCOCCOCCOCCOCCOC(=O)c1ccccc1. The Balaban J connectivity index is 1.65. The van der Waals surface area contributed by atoms with E-state index in [1.807, 2.05) is 6.07 Å². The van der Waals surface area contributed by atoms with Gasteiger partial charge in [0.2, 0.25) is 0 Å². The predicted molar refractivity (Wildman–Crippen MR) is 151 cm³/mol. The lowest BCUT2D eigenvalue weighted by atomic mass is 10.2. The minimum atomic E-state index is -0.359. The fraction of sp³-hybridized carbons (Fsp3) is 0.724.